The number of benzene rings is 4. The highest BCUT2D eigenvalue weighted by Gasteiger charge is 2.34. The van der Waals surface area contributed by atoms with Crippen molar-refractivity contribution in [1.29, 1.82) is 0 Å². The van der Waals surface area contributed by atoms with Gasteiger partial charge in [-0.1, -0.05) is 66.7 Å². The van der Waals surface area contributed by atoms with E-state index < -0.39 is 11.8 Å². The number of carbonyl (C=O) groups excluding carboxylic acids is 1. The number of piperidine rings is 1. The number of aromatic hydroxyl groups is 1. The third-order valence-electron chi connectivity index (χ3n) is 7.62. The van der Waals surface area contributed by atoms with Crippen LogP contribution in [-0.4, -0.2) is 54.3 Å². The molecular weight excluding hydrogens is 570 g/mol. The van der Waals surface area contributed by atoms with Crippen LogP contribution < -0.4 is 4.74 Å². The van der Waals surface area contributed by atoms with E-state index in [2.05, 4.69) is 24.3 Å². The molecule has 0 spiro atoms. The Balaban J connectivity index is 1.19. The highest BCUT2D eigenvalue weighted by molar-refractivity contribution is 5.88. The number of hydroxylamine groups is 2. The molecule has 2 unspecified atom stereocenters. The van der Waals surface area contributed by atoms with Gasteiger partial charge in [0.1, 0.15) is 17.1 Å². The number of nitrogens with zero attached hydrogens (tertiary/aromatic N) is 1. The van der Waals surface area contributed by atoms with Crippen molar-refractivity contribution < 1.29 is 33.7 Å². The van der Waals surface area contributed by atoms with E-state index in [1.165, 1.54) is 0 Å². The fourth-order valence-electron chi connectivity index (χ4n) is 5.42. The van der Waals surface area contributed by atoms with Crippen molar-refractivity contribution in [3.8, 4) is 11.5 Å². The summed E-state index contributed by atoms with van der Waals surface area (Å²) in [5.41, 5.74) is 2.59. The Hall–Kier alpha value is -4.11. The van der Waals surface area contributed by atoms with Gasteiger partial charge in [0.05, 0.1) is 39.1 Å². The molecule has 5 rings (SSSR count). The van der Waals surface area contributed by atoms with Gasteiger partial charge in [0.2, 0.25) is 0 Å². The number of hydrogen-bond donors (Lipinski definition) is 1. The minimum Gasteiger partial charge on any atom is -0.507 e. The third-order valence-corrected chi connectivity index (χ3v) is 7.62. The minimum atomic E-state index is -0.725. The summed E-state index contributed by atoms with van der Waals surface area (Å²) in [4.78, 5) is 17.9. The van der Waals surface area contributed by atoms with E-state index in [-0.39, 0.29) is 17.8 Å². The van der Waals surface area contributed by atoms with Crippen molar-refractivity contribution >= 4 is 16.9 Å². The van der Waals surface area contributed by atoms with Crippen LogP contribution in [0.5, 0.6) is 11.5 Å². The molecule has 0 aromatic heterocycles. The first-order valence-electron chi connectivity index (χ1n) is 15.6. The molecule has 1 fully saturated rings. The predicted octanol–water partition coefficient (Wildman–Crippen LogP) is 7.77. The maximum Gasteiger partial charge on any atom is 0.528 e. The second-order valence-corrected chi connectivity index (χ2v) is 12.3. The Kier molecular flexibility index (Phi) is 10.9. The summed E-state index contributed by atoms with van der Waals surface area (Å²) in [7, 11) is 0. The van der Waals surface area contributed by atoms with Gasteiger partial charge in [-0.3, -0.25) is 0 Å². The summed E-state index contributed by atoms with van der Waals surface area (Å²) in [6.45, 7) is 8.51. The quantitative estimate of drug-likeness (QED) is 0.128. The highest BCUT2D eigenvalue weighted by atomic mass is 16.8. The number of ether oxygens (including phenoxy) is 4. The molecular formula is C37H43NO7. The van der Waals surface area contributed by atoms with Crippen molar-refractivity contribution in [3.05, 3.63) is 108 Å². The molecule has 0 bridgehead atoms. The van der Waals surface area contributed by atoms with Crippen LogP contribution in [0.15, 0.2) is 91.0 Å². The SMILES string of the molecule is CC(C)(C)OC(=O)ON1CCC(c2ccc(OCCCOCc3ccccc3)cc2)C(OCc2ccc3cccc(O)c3c2)C1. The normalized spacial score (nSPS) is 17.2. The first kappa shape index (κ1) is 32.3. The van der Waals surface area contributed by atoms with Crippen LogP contribution in [-0.2, 0) is 32.3 Å². The molecule has 4 aromatic carbocycles. The Morgan fingerprint density at radius 1 is 0.889 bits per heavy atom. The molecule has 8 heteroatoms. The monoisotopic (exact) mass is 613 g/mol. The van der Waals surface area contributed by atoms with Crippen LogP contribution in [0.4, 0.5) is 4.79 Å². The summed E-state index contributed by atoms with van der Waals surface area (Å²) in [5, 5.41) is 13.7. The molecule has 0 amide bonds. The lowest BCUT2D eigenvalue weighted by atomic mass is 9.87. The fourth-order valence-corrected chi connectivity index (χ4v) is 5.42. The second-order valence-electron chi connectivity index (χ2n) is 12.3. The van der Waals surface area contributed by atoms with Gasteiger partial charge in [0, 0.05) is 24.3 Å². The minimum absolute atomic E-state index is 0.0813. The molecule has 1 aliphatic heterocycles. The van der Waals surface area contributed by atoms with Crippen LogP contribution in [0.2, 0.25) is 0 Å². The Bertz CT molecular complexity index is 1520. The zero-order chi connectivity index (χ0) is 31.6. The largest absolute Gasteiger partial charge is 0.528 e. The Morgan fingerprint density at radius 2 is 1.69 bits per heavy atom. The van der Waals surface area contributed by atoms with Gasteiger partial charge in [-0.15, -0.1) is 5.06 Å². The van der Waals surface area contributed by atoms with Crippen LogP contribution in [0.3, 0.4) is 0 Å². The van der Waals surface area contributed by atoms with Gasteiger partial charge in [0.15, 0.2) is 0 Å². The summed E-state index contributed by atoms with van der Waals surface area (Å²) >= 11 is 0. The molecule has 238 valence electrons. The molecule has 2 atom stereocenters. The molecule has 0 radical (unpaired) electrons. The highest BCUT2D eigenvalue weighted by Crippen LogP contribution is 2.33. The molecule has 1 N–H and O–H groups in total. The van der Waals surface area contributed by atoms with Crippen LogP contribution in [0.25, 0.3) is 10.8 Å². The predicted molar refractivity (Wildman–Crippen MR) is 173 cm³/mol. The van der Waals surface area contributed by atoms with Crippen LogP contribution in [0, 0.1) is 0 Å². The van der Waals surface area contributed by atoms with Crippen LogP contribution >= 0.6 is 0 Å². The number of phenols is 1. The van der Waals surface area contributed by atoms with Gasteiger partial charge in [-0.05, 0) is 73.5 Å². The van der Waals surface area contributed by atoms with Crippen molar-refractivity contribution in [3.63, 3.8) is 0 Å². The average Bonchev–Trinajstić information content (AvgIpc) is 3.02. The number of fused-ring (bicyclic) bond motifs is 1. The molecule has 1 saturated heterocycles. The average molecular weight is 614 g/mol. The van der Waals surface area contributed by atoms with E-state index in [4.69, 9.17) is 23.8 Å². The zero-order valence-electron chi connectivity index (χ0n) is 26.3. The molecule has 4 aromatic rings. The molecule has 45 heavy (non-hydrogen) atoms. The molecule has 1 aliphatic rings. The van der Waals surface area contributed by atoms with Crippen LogP contribution in [0.1, 0.15) is 56.2 Å². The maximum atomic E-state index is 12.4. The number of rotatable bonds is 12. The number of carbonyl (C=O) groups is 1. The second kappa shape index (κ2) is 15.3. The third kappa shape index (κ3) is 9.69. The van der Waals surface area contributed by atoms with E-state index in [9.17, 15) is 9.90 Å². The summed E-state index contributed by atoms with van der Waals surface area (Å²) in [6.07, 6.45) is 0.546. The molecule has 1 heterocycles. The lowest BCUT2D eigenvalue weighted by Gasteiger charge is -2.37. The summed E-state index contributed by atoms with van der Waals surface area (Å²) in [6, 6.07) is 29.7. The number of hydrogen-bond acceptors (Lipinski definition) is 8. The lowest BCUT2D eigenvalue weighted by Crippen LogP contribution is -2.45. The standard InChI is InChI=1S/C37H43NO7/c1-37(2,3)44-36(40)45-38-20-19-32(35(24-38)43-26-28-13-14-29-11-7-12-34(39)33(29)23-28)30-15-17-31(18-16-30)42-22-8-21-41-25-27-9-5-4-6-10-27/h4-7,9-18,23,32,35,39H,8,19-22,24-26H2,1-3H3. The maximum absolute atomic E-state index is 12.4. The van der Waals surface area contributed by atoms with Gasteiger partial charge in [-0.25, -0.2) is 4.79 Å². The van der Waals surface area contributed by atoms with E-state index in [1.54, 1.807) is 31.9 Å². The molecule has 0 aliphatic carbocycles. The van der Waals surface area contributed by atoms with E-state index in [1.807, 2.05) is 60.7 Å². The van der Waals surface area contributed by atoms with Crippen molar-refractivity contribution in [2.75, 3.05) is 26.3 Å². The molecule has 8 nitrogen and oxygen atoms in total. The van der Waals surface area contributed by atoms with E-state index >= 15 is 0 Å². The van der Waals surface area contributed by atoms with E-state index in [0.29, 0.717) is 39.5 Å². The Morgan fingerprint density at radius 3 is 2.47 bits per heavy atom. The van der Waals surface area contributed by atoms with Crippen molar-refractivity contribution in [2.24, 2.45) is 0 Å². The van der Waals surface area contributed by atoms with Gasteiger partial charge in [-0.2, -0.15) is 0 Å². The summed E-state index contributed by atoms with van der Waals surface area (Å²) < 4.78 is 23.6. The molecule has 0 saturated carbocycles. The fraction of sp³-hybridized carbons (Fsp3) is 0.378. The first-order chi connectivity index (χ1) is 21.7. The Labute approximate surface area is 265 Å². The topological polar surface area (TPSA) is 86.7 Å². The van der Waals surface area contributed by atoms with Gasteiger partial charge < -0.3 is 28.9 Å². The van der Waals surface area contributed by atoms with Crippen molar-refractivity contribution in [2.45, 2.75) is 64.4 Å². The zero-order valence-corrected chi connectivity index (χ0v) is 26.3. The summed E-state index contributed by atoms with van der Waals surface area (Å²) in [5.74, 6) is 1.13. The van der Waals surface area contributed by atoms with Gasteiger partial charge >= 0.3 is 6.16 Å². The lowest BCUT2D eigenvalue weighted by molar-refractivity contribution is -0.179. The smallest absolute Gasteiger partial charge is 0.507 e. The van der Waals surface area contributed by atoms with Crippen molar-refractivity contribution in [1.82, 2.24) is 5.06 Å². The number of phenolic OH excluding ortho intramolecular Hbond substituents is 1. The van der Waals surface area contributed by atoms with Gasteiger partial charge in [0.25, 0.3) is 0 Å². The first-order valence-corrected chi connectivity index (χ1v) is 15.6. The van der Waals surface area contributed by atoms with E-state index in [0.717, 1.165) is 46.1 Å².